The number of hydrogen-bond donors (Lipinski definition) is 2. The molecular weight excluding hydrogens is 467 g/mol. The van der Waals surface area contributed by atoms with Gasteiger partial charge < -0.3 is 19.9 Å². The topological polar surface area (TPSA) is 105 Å². The molecule has 190 valence electrons. The normalized spacial score (nSPS) is 16.0. The van der Waals surface area contributed by atoms with Gasteiger partial charge in [-0.05, 0) is 47.9 Å². The van der Waals surface area contributed by atoms with E-state index in [1.807, 2.05) is 0 Å². The lowest BCUT2D eigenvalue weighted by molar-refractivity contribution is -0.121. The maximum Gasteiger partial charge on any atom is 0.338 e. The number of aliphatic hydroxyl groups excluding tert-OH is 1. The number of hydrogen-bond acceptors (Lipinski definition) is 8. The summed E-state index contributed by atoms with van der Waals surface area (Å²) in [6.45, 7) is 5.04. The number of Topliss-reactive ketones (excluding diaryl/α,β-unsaturated/α-hetero) is 2. The van der Waals surface area contributed by atoms with E-state index in [1.165, 1.54) is 6.07 Å². The lowest BCUT2D eigenvalue weighted by Crippen LogP contribution is -2.36. The molecule has 2 N–H and O–H groups in total. The highest BCUT2D eigenvalue weighted by molar-refractivity contribution is 6.27. The number of allylic oxidation sites excluding steroid dienone is 1. The van der Waals surface area contributed by atoms with Crippen molar-refractivity contribution in [2.75, 3.05) is 45.3 Å². The highest BCUT2D eigenvalue weighted by atomic mass is 19.1. The van der Waals surface area contributed by atoms with Crippen molar-refractivity contribution in [1.82, 2.24) is 4.90 Å². The first-order valence-electron chi connectivity index (χ1n) is 11.9. The van der Waals surface area contributed by atoms with Gasteiger partial charge in [0.25, 0.3) is 0 Å². The Morgan fingerprint density at radius 3 is 2.61 bits per heavy atom. The van der Waals surface area contributed by atoms with Crippen molar-refractivity contribution in [3.63, 3.8) is 0 Å². The average molecular weight is 497 g/mol. The number of benzene rings is 2. The summed E-state index contributed by atoms with van der Waals surface area (Å²) >= 11 is 0. The largest absolute Gasteiger partial charge is 0.506 e. The minimum absolute atomic E-state index is 0.126. The Bertz CT molecular complexity index is 1230. The zero-order chi connectivity index (χ0) is 25.8. The predicted molar refractivity (Wildman–Crippen MR) is 131 cm³/mol. The Balaban J connectivity index is 1.67. The molecule has 9 heteroatoms. The number of carbonyl (C=O) groups is 3. The van der Waals surface area contributed by atoms with Gasteiger partial charge in [-0.25, -0.2) is 9.18 Å². The number of anilines is 1. The van der Waals surface area contributed by atoms with Crippen LogP contribution in [0.5, 0.6) is 0 Å². The summed E-state index contributed by atoms with van der Waals surface area (Å²) < 4.78 is 24.7. The molecule has 1 fully saturated rings. The van der Waals surface area contributed by atoms with Crippen LogP contribution in [0.2, 0.25) is 0 Å². The average Bonchev–Trinajstić information content (AvgIpc) is 2.86. The molecule has 0 atom stereocenters. The van der Waals surface area contributed by atoms with E-state index in [9.17, 15) is 23.9 Å². The maximum absolute atomic E-state index is 14.1. The molecule has 1 aliphatic carbocycles. The quantitative estimate of drug-likeness (QED) is 0.424. The molecule has 2 aromatic rings. The SMILES string of the molecule is CCOC(=O)c1ccc(CC(=O)C2=C(O)c3cc(F)cc(NC)c3CC2=O)c(CN2CCOCC2)c1. The first kappa shape index (κ1) is 25.5. The molecule has 1 saturated heterocycles. The van der Waals surface area contributed by atoms with E-state index < -0.39 is 29.1 Å². The second-order valence-electron chi connectivity index (χ2n) is 8.75. The fourth-order valence-corrected chi connectivity index (χ4v) is 4.61. The Morgan fingerprint density at radius 2 is 1.92 bits per heavy atom. The van der Waals surface area contributed by atoms with E-state index in [0.29, 0.717) is 55.2 Å². The number of esters is 1. The molecule has 36 heavy (non-hydrogen) atoms. The van der Waals surface area contributed by atoms with Crippen LogP contribution in [0, 0.1) is 5.82 Å². The minimum Gasteiger partial charge on any atom is -0.506 e. The van der Waals surface area contributed by atoms with Crippen molar-refractivity contribution < 1.29 is 33.4 Å². The molecule has 2 aliphatic rings. The summed E-state index contributed by atoms with van der Waals surface area (Å²) in [5.41, 5.74) is 2.40. The predicted octanol–water partition coefficient (Wildman–Crippen LogP) is 3.08. The summed E-state index contributed by atoms with van der Waals surface area (Å²) in [5, 5.41) is 13.7. The van der Waals surface area contributed by atoms with Gasteiger partial charge in [-0.3, -0.25) is 14.5 Å². The molecule has 2 aromatic carbocycles. The van der Waals surface area contributed by atoms with E-state index in [1.54, 1.807) is 32.2 Å². The van der Waals surface area contributed by atoms with Crippen LogP contribution in [0.1, 0.15) is 39.5 Å². The molecule has 1 heterocycles. The molecule has 0 unspecified atom stereocenters. The Hall–Kier alpha value is -3.56. The summed E-state index contributed by atoms with van der Waals surface area (Å²) in [7, 11) is 1.59. The summed E-state index contributed by atoms with van der Waals surface area (Å²) in [6, 6.07) is 7.34. The van der Waals surface area contributed by atoms with Gasteiger partial charge in [0.15, 0.2) is 11.6 Å². The van der Waals surface area contributed by atoms with Crippen LogP contribution < -0.4 is 5.32 Å². The van der Waals surface area contributed by atoms with Gasteiger partial charge >= 0.3 is 5.97 Å². The molecule has 8 nitrogen and oxygen atoms in total. The van der Waals surface area contributed by atoms with Crippen molar-refractivity contribution in [3.8, 4) is 0 Å². The van der Waals surface area contributed by atoms with Gasteiger partial charge in [-0.1, -0.05) is 6.07 Å². The number of ketones is 2. The van der Waals surface area contributed by atoms with E-state index in [2.05, 4.69) is 10.2 Å². The standard InChI is InChI=1S/C27H29FN2O6/c1-3-36-27(34)17-5-4-16(18(10-17)15-30-6-8-35-9-7-30)11-23(31)25-24(32)14-20-21(26(25)33)12-19(28)13-22(20)29-2/h4-5,10,12-13,29,33H,3,6-9,11,14-15H2,1-2H3. The van der Waals surface area contributed by atoms with Crippen LogP contribution in [-0.4, -0.2) is 67.5 Å². The number of nitrogens with zero attached hydrogens (tertiary/aromatic N) is 1. The second kappa shape index (κ2) is 11.0. The van der Waals surface area contributed by atoms with Crippen molar-refractivity contribution in [2.24, 2.45) is 0 Å². The van der Waals surface area contributed by atoms with Gasteiger partial charge in [-0.15, -0.1) is 0 Å². The first-order valence-corrected chi connectivity index (χ1v) is 11.9. The molecule has 0 radical (unpaired) electrons. The highest BCUT2D eigenvalue weighted by Crippen LogP contribution is 2.34. The molecule has 1 aliphatic heterocycles. The number of aliphatic hydroxyl groups is 1. The van der Waals surface area contributed by atoms with Crippen LogP contribution in [0.3, 0.4) is 0 Å². The smallest absolute Gasteiger partial charge is 0.338 e. The summed E-state index contributed by atoms with van der Waals surface area (Å²) in [5.74, 6) is -2.65. The third-order valence-corrected chi connectivity index (χ3v) is 6.44. The van der Waals surface area contributed by atoms with Crippen molar-refractivity contribution in [1.29, 1.82) is 0 Å². The van der Waals surface area contributed by atoms with E-state index in [-0.39, 0.29) is 30.6 Å². The summed E-state index contributed by atoms with van der Waals surface area (Å²) in [6.07, 6.45) is -0.281. The van der Waals surface area contributed by atoms with Crippen LogP contribution in [0.25, 0.3) is 5.76 Å². The maximum atomic E-state index is 14.1. The van der Waals surface area contributed by atoms with Crippen LogP contribution in [0.15, 0.2) is 35.9 Å². The molecule has 0 spiro atoms. The van der Waals surface area contributed by atoms with E-state index >= 15 is 0 Å². The van der Waals surface area contributed by atoms with Crippen LogP contribution in [-0.2, 0) is 38.4 Å². The zero-order valence-electron chi connectivity index (χ0n) is 20.4. The second-order valence-corrected chi connectivity index (χ2v) is 8.75. The molecular formula is C27H29FN2O6. The Morgan fingerprint density at radius 1 is 1.17 bits per heavy atom. The molecule has 0 amide bonds. The Kier molecular flexibility index (Phi) is 7.81. The lowest BCUT2D eigenvalue weighted by Gasteiger charge is -2.27. The fraction of sp³-hybridized carbons (Fsp3) is 0.370. The van der Waals surface area contributed by atoms with Gasteiger partial charge in [-0.2, -0.15) is 0 Å². The molecule has 0 bridgehead atoms. The minimum atomic E-state index is -0.590. The number of nitrogens with one attached hydrogen (secondary N) is 1. The molecule has 0 aromatic heterocycles. The van der Waals surface area contributed by atoms with E-state index in [0.717, 1.165) is 11.6 Å². The van der Waals surface area contributed by atoms with Gasteiger partial charge in [0.1, 0.15) is 17.1 Å². The number of halogens is 1. The number of ether oxygens (including phenoxy) is 2. The number of rotatable bonds is 8. The number of morpholine rings is 1. The van der Waals surface area contributed by atoms with Gasteiger partial charge in [0, 0.05) is 50.8 Å². The van der Waals surface area contributed by atoms with Gasteiger partial charge in [0.2, 0.25) is 0 Å². The third-order valence-electron chi connectivity index (χ3n) is 6.44. The fourth-order valence-electron chi connectivity index (χ4n) is 4.61. The van der Waals surface area contributed by atoms with Crippen LogP contribution in [0.4, 0.5) is 10.1 Å². The molecule has 0 saturated carbocycles. The third kappa shape index (κ3) is 5.32. The zero-order valence-corrected chi connectivity index (χ0v) is 20.4. The van der Waals surface area contributed by atoms with Crippen molar-refractivity contribution >= 4 is 29.0 Å². The number of carbonyl (C=O) groups excluding carboxylic acids is 3. The van der Waals surface area contributed by atoms with E-state index in [4.69, 9.17) is 9.47 Å². The van der Waals surface area contributed by atoms with Crippen LogP contribution >= 0.6 is 0 Å². The highest BCUT2D eigenvalue weighted by Gasteiger charge is 2.32. The summed E-state index contributed by atoms with van der Waals surface area (Å²) in [4.78, 5) is 40.7. The number of fused-ring (bicyclic) bond motifs is 1. The lowest BCUT2D eigenvalue weighted by atomic mass is 9.84. The molecule has 4 rings (SSSR count). The first-order chi connectivity index (χ1) is 17.3. The van der Waals surface area contributed by atoms with Gasteiger partial charge in [0.05, 0.1) is 25.4 Å². The monoisotopic (exact) mass is 496 g/mol. The van der Waals surface area contributed by atoms with Crippen molar-refractivity contribution in [3.05, 3.63) is 69.5 Å². The Labute approximate surface area is 208 Å². The van der Waals surface area contributed by atoms with Crippen molar-refractivity contribution in [2.45, 2.75) is 26.3 Å².